The summed E-state index contributed by atoms with van der Waals surface area (Å²) in [5, 5.41) is 4.02. The van der Waals surface area contributed by atoms with Gasteiger partial charge >= 0.3 is 0 Å². The Morgan fingerprint density at radius 2 is 1.67 bits per heavy atom. The van der Waals surface area contributed by atoms with Crippen LogP contribution < -0.4 is 5.32 Å². The lowest BCUT2D eigenvalue weighted by Crippen LogP contribution is -2.40. The van der Waals surface area contributed by atoms with Gasteiger partial charge in [-0.1, -0.05) is 54.6 Å². The Morgan fingerprint density at radius 1 is 0.939 bits per heavy atom. The summed E-state index contributed by atoms with van der Waals surface area (Å²) in [6, 6.07) is 25.3. The van der Waals surface area contributed by atoms with Crippen molar-refractivity contribution in [3.8, 4) is 11.1 Å². The number of anilines is 1. The highest BCUT2D eigenvalue weighted by molar-refractivity contribution is 7.80. The minimum Gasteiger partial charge on any atom is -0.379 e. The molecule has 0 bridgehead atoms. The molecule has 4 rings (SSSR count). The number of hydrogen-bond donors (Lipinski definition) is 1. The standard InChI is InChI=1S/C27H30FN3OS/c28-25-9-4-6-22(20-25)21-31(15-5-14-30-16-18-32-19-17-30)27(33)29-26-12-10-24(11-13-26)23-7-2-1-3-8-23/h1-4,6-13,20H,5,14-19,21H2,(H,29,33). The molecule has 1 saturated heterocycles. The molecule has 0 atom stereocenters. The Balaban J connectivity index is 1.40. The van der Waals surface area contributed by atoms with Crippen molar-refractivity contribution >= 4 is 23.0 Å². The fourth-order valence-corrected chi connectivity index (χ4v) is 4.27. The van der Waals surface area contributed by atoms with Gasteiger partial charge in [0.25, 0.3) is 0 Å². The highest BCUT2D eigenvalue weighted by Crippen LogP contribution is 2.21. The van der Waals surface area contributed by atoms with Crippen LogP contribution in [0.5, 0.6) is 0 Å². The van der Waals surface area contributed by atoms with Crippen molar-refractivity contribution in [3.63, 3.8) is 0 Å². The first-order chi connectivity index (χ1) is 16.2. The highest BCUT2D eigenvalue weighted by atomic mass is 32.1. The number of ether oxygens (including phenoxy) is 1. The van der Waals surface area contributed by atoms with E-state index in [-0.39, 0.29) is 5.82 Å². The Morgan fingerprint density at radius 3 is 2.39 bits per heavy atom. The maximum Gasteiger partial charge on any atom is 0.173 e. The van der Waals surface area contributed by atoms with Crippen LogP contribution >= 0.6 is 12.2 Å². The SMILES string of the molecule is Fc1cccc(CN(CCCN2CCOCC2)C(=S)Nc2ccc(-c3ccccc3)cc2)c1. The molecule has 1 fully saturated rings. The number of nitrogens with zero attached hydrogens (tertiary/aromatic N) is 2. The molecule has 0 aliphatic carbocycles. The molecule has 0 spiro atoms. The summed E-state index contributed by atoms with van der Waals surface area (Å²) in [6.45, 7) is 5.90. The lowest BCUT2D eigenvalue weighted by Gasteiger charge is -2.29. The molecule has 3 aromatic rings. The number of morpholine rings is 1. The number of rotatable bonds is 8. The number of benzene rings is 3. The molecule has 4 nitrogen and oxygen atoms in total. The van der Waals surface area contributed by atoms with Gasteiger partial charge in [-0.2, -0.15) is 0 Å². The van der Waals surface area contributed by atoms with Gasteiger partial charge in [-0.15, -0.1) is 0 Å². The van der Waals surface area contributed by atoms with E-state index < -0.39 is 0 Å². The topological polar surface area (TPSA) is 27.7 Å². The van der Waals surface area contributed by atoms with Crippen molar-refractivity contribution in [3.05, 3.63) is 90.2 Å². The third kappa shape index (κ3) is 7.09. The van der Waals surface area contributed by atoms with E-state index in [1.807, 2.05) is 36.4 Å². The number of nitrogens with one attached hydrogen (secondary N) is 1. The third-order valence-corrected chi connectivity index (χ3v) is 6.16. The van der Waals surface area contributed by atoms with Crippen LogP contribution in [-0.4, -0.2) is 54.3 Å². The van der Waals surface area contributed by atoms with E-state index in [2.05, 4.69) is 39.4 Å². The van der Waals surface area contributed by atoms with Crippen LogP contribution in [-0.2, 0) is 11.3 Å². The van der Waals surface area contributed by atoms with E-state index in [1.165, 1.54) is 11.6 Å². The zero-order valence-corrected chi connectivity index (χ0v) is 19.6. The lowest BCUT2D eigenvalue weighted by atomic mass is 10.1. The van der Waals surface area contributed by atoms with Gasteiger partial charge < -0.3 is 15.0 Å². The Bertz CT molecular complexity index is 1020. The second-order valence-electron chi connectivity index (χ2n) is 8.23. The van der Waals surface area contributed by atoms with Gasteiger partial charge in [-0.3, -0.25) is 4.90 Å². The molecule has 33 heavy (non-hydrogen) atoms. The van der Waals surface area contributed by atoms with E-state index in [4.69, 9.17) is 17.0 Å². The molecular formula is C27H30FN3OS. The van der Waals surface area contributed by atoms with Crippen LogP contribution in [0.2, 0.25) is 0 Å². The minimum atomic E-state index is -0.226. The molecule has 3 aromatic carbocycles. The Labute approximate surface area is 201 Å². The van der Waals surface area contributed by atoms with Crippen molar-refractivity contribution in [2.24, 2.45) is 0 Å². The molecule has 0 amide bonds. The molecule has 6 heteroatoms. The molecule has 1 aliphatic heterocycles. The van der Waals surface area contributed by atoms with Gasteiger partial charge in [0.2, 0.25) is 0 Å². The van der Waals surface area contributed by atoms with Crippen molar-refractivity contribution in [1.82, 2.24) is 9.80 Å². The summed E-state index contributed by atoms with van der Waals surface area (Å²) in [6.07, 6.45) is 0.976. The average molecular weight is 464 g/mol. The summed E-state index contributed by atoms with van der Waals surface area (Å²) in [5.74, 6) is -0.226. The van der Waals surface area contributed by atoms with E-state index in [9.17, 15) is 4.39 Å². The van der Waals surface area contributed by atoms with Crippen molar-refractivity contribution in [1.29, 1.82) is 0 Å². The second kappa shape index (κ2) is 11.9. The summed E-state index contributed by atoms with van der Waals surface area (Å²) < 4.78 is 19.2. The van der Waals surface area contributed by atoms with Crippen LogP contribution in [0.4, 0.5) is 10.1 Å². The largest absolute Gasteiger partial charge is 0.379 e. The van der Waals surface area contributed by atoms with Gasteiger partial charge in [0.1, 0.15) is 5.82 Å². The Hall–Kier alpha value is -2.80. The van der Waals surface area contributed by atoms with Crippen LogP contribution in [0.15, 0.2) is 78.9 Å². The van der Waals surface area contributed by atoms with Crippen LogP contribution in [0.25, 0.3) is 11.1 Å². The summed E-state index contributed by atoms with van der Waals surface area (Å²) in [5.41, 5.74) is 4.19. The Kier molecular flexibility index (Phi) is 8.41. The van der Waals surface area contributed by atoms with Crippen LogP contribution in [0.1, 0.15) is 12.0 Å². The smallest absolute Gasteiger partial charge is 0.173 e. The molecule has 0 saturated carbocycles. The van der Waals surface area contributed by atoms with Gasteiger partial charge in [-0.25, -0.2) is 4.39 Å². The molecule has 0 aromatic heterocycles. The maximum absolute atomic E-state index is 13.8. The van der Waals surface area contributed by atoms with E-state index in [1.54, 1.807) is 12.1 Å². The summed E-state index contributed by atoms with van der Waals surface area (Å²) in [7, 11) is 0. The van der Waals surface area contributed by atoms with Crippen LogP contribution in [0, 0.1) is 5.82 Å². The molecule has 172 valence electrons. The van der Waals surface area contributed by atoms with Gasteiger partial charge in [0, 0.05) is 38.4 Å². The second-order valence-corrected chi connectivity index (χ2v) is 8.62. The normalized spacial score (nSPS) is 14.1. The van der Waals surface area contributed by atoms with E-state index >= 15 is 0 Å². The molecule has 1 aliphatic rings. The van der Waals surface area contributed by atoms with Crippen molar-refractivity contribution in [2.45, 2.75) is 13.0 Å². The summed E-state index contributed by atoms with van der Waals surface area (Å²) in [4.78, 5) is 4.54. The maximum atomic E-state index is 13.8. The van der Waals surface area contributed by atoms with Gasteiger partial charge in [0.05, 0.1) is 13.2 Å². The molecular weight excluding hydrogens is 433 g/mol. The average Bonchev–Trinajstić information content (AvgIpc) is 2.85. The van der Waals surface area contributed by atoms with E-state index in [0.717, 1.165) is 62.6 Å². The molecule has 1 heterocycles. The molecule has 1 N–H and O–H groups in total. The highest BCUT2D eigenvalue weighted by Gasteiger charge is 2.14. The van der Waals surface area contributed by atoms with Crippen molar-refractivity contribution < 1.29 is 9.13 Å². The van der Waals surface area contributed by atoms with Gasteiger partial charge in [0.15, 0.2) is 5.11 Å². The van der Waals surface area contributed by atoms with Crippen LogP contribution in [0.3, 0.4) is 0 Å². The molecule has 0 radical (unpaired) electrons. The predicted molar refractivity (Wildman–Crippen MR) is 137 cm³/mol. The first-order valence-electron chi connectivity index (χ1n) is 11.4. The predicted octanol–water partition coefficient (Wildman–Crippen LogP) is 5.41. The quantitative estimate of drug-likeness (QED) is 0.451. The first kappa shape index (κ1) is 23.4. The van der Waals surface area contributed by atoms with Gasteiger partial charge in [-0.05, 0) is 59.6 Å². The number of thiocarbonyl (C=S) groups is 1. The number of halogens is 1. The monoisotopic (exact) mass is 463 g/mol. The van der Waals surface area contributed by atoms with E-state index in [0.29, 0.717) is 11.7 Å². The summed E-state index contributed by atoms with van der Waals surface area (Å²) >= 11 is 5.77. The first-order valence-corrected chi connectivity index (χ1v) is 11.8. The zero-order valence-electron chi connectivity index (χ0n) is 18.8. The zero-order chi connectivity index (χ0) is 22.9. The fourth-order valence-electron chi connectivity index (χ4n) is 4.00. The van der Waals surface area contributed by atoms with Crippen molar-refractivity contribution in [2.75, 3.05) is 44.7 Å². The number of hydrogen-bond acceptors (Lipinski definition) is 3. The minimum absolute atomic E-state index is 0.226. The third-order valence-electron chi connectivity index (χ3n) is 5.80. The molecule has 0 unspecified atom stereocenters. The fraction of sp³-hybridized carbons (Fsp3) is 0.296. The lowest BCUT2D eigenvalue weighted by molar-refractivity contribution is 0.0368.